The number of aromatic nitrogens is 3. The van der Waals surface area contributed by atoms with Gasteiger partial charge in [0.15, 0.2) is 0 Å². The van der Waals surface area contributed by atoms with Gasteiger partial charge in [-0.3, -0.25) is 0 Å². The molecule has 0 saturated heterocycles. The fourth-order valence-corrected chi connectivity index (χ4v) is 2.56. The van der Waals surface area contributed by atoms with Gasteiger partial charge in [0, 0.05) is 23.6 Å². The van der Waals surface area contributed by atoms with Gasteiger partial charge < -0.3 is 11.1 Å². The predicted octanol–water partition coefficient (Wildman–Crippen LogP) is 2.95. The van der Waals surface area contributed by atoms with Crippen LogP contribution in [-0.4, -0.2) is 15.0 Å². The van der Waals surface area contributed by atoms with Crippen molar-refractivity contribution in [1.29, 1.82) is 0 Å². The predicted molar refractivity (Wildman–Crippen MR) is 79.3 cm³/mol. The molecule has 19 heavy (non-hydrogen) atoms. The van der Waals surface area contributed by atoms with E-state index in [1.165, 1.54) is 4.88 Å². The first-order valence-corrected chi connectivity index (χ1v) is 7.22. The zero-order valence-corrected chi connectivity index (χ0v) is 12.3. The first-order chi connectivity index (χ1) is 9.08. The minimum absolute atomic E-state index is 0.113. The summed E-state index contributed by atoms with van der Waals surface area (Å²) in [5, 5.41) is 4.38. The summed E-state index contributed by atoms with van der Waals surface area (Å²) >= 11 is 1.69. The summed E-state index contributed by atoms with van der Waals surface area (Å²) in [5.41, 5.74) is 5.80. The molecule has 1 unspecified atom stereocenters. The third kappa shape index (κ3) is 3.64. The summed E-state index contributed by atoms with van der Waals surface area (Å²) < 4.78 is 0. The Labute approximate surface area is 117 Å². The minimum Gasteiger partial charge on any atom is -0.384 e. The van der Waals surface area contributed by atoms with E-state index in [-0.39, 0.29) is 6.04 Å². The molecule has 0 radical (unpaired) electrons. The van der Waals surface area contributed by atoms with Crippen molar-refractivity contribution in [3.63, 3.8) is 0 Å². The maximum Gasteiger partial charge on any atom is 0.133 e. The van der Waals surface area contributed by atoms with Crippen molar-refractivity contribution in [3.05, 3.63) is 28.0 Å². The molecule has 3 N–H and O–H groups in total. The van der Waals surface area contributed by atoms with Crippen LogP contribution in [0.5, 0.6) is 0 Å². The van der Waals surface area contributed by atoms with E-state index in [9.17, 15) is 0 Å². The Bertz CT molecular complexity index is 552. The molecule has 0 fully saturated rings. The summed E-state index contributed by atoms with van der Waals surface area (Å²) in [7, 11) is 0. The molecule has 102 valence electrons. The lowest BCUT2D eigenvalue weighted by Crippen LogP contribution is -2.10. The Hall–Kier alpha value is -1.69. The molecule has 2 rings (SSSR count). The summed E-state index contributed by atoms with van der Waals surface area (Å²) in [6.45, 7) is 6.21. The summed E-state index contributed by atoms with van der Waals surface area (Å²) in [6.07, 6.45) is 3.73. The highest BCUT2D eigenvalue weighted by molar-refractivity contribution is 7.11. The molecule has 0 aliphatic rings. The second-order valence-corrected chi connectivity index (χ2v) is 5.79. The Balaban J connectivity index is 2.14. The number of nitrogen functional groups attached to an aromatic ring is 1. The van der Waals surface area contributed by atoms with Gasteiger partial charge in [-0.15, -0.1) is 11.3 Å². The second-order valence-electron chi connectivity index (χ2n) is 4.52. The Morgan fingerprint density at radius 3 is 2.84 bits per heavy atom. The number of hydrogen-bond donors (Lipinski definition) is 2. The van der Waals surface area contributed by atoms with Crippen molar-refractivity contribution in [2.24, 2.45) is 0 Å². The molecule has 0 amide bonds. The molecule has 2 heterocycles. The van der Waals surface area contributed by atoms with Gasteiger partial charge in [-0.2, -0.15) is 0 Å². The third-order valence-corrected chi connectivity index (χ3v) is 3.74. The summed E-state index contributed by atoms with van der Waals surface area (Å²) in [6, 6.07) is 1.87. The van der Waals surface area contributed by atoms with E-state index < -0.39 is 0 Å². The molecule has 6 heteroatoms. The molecular weight excluding hydrogens is 258 g/mol. The van der Waals surface area contributed by atoms with E-state index in [1.807, 2.05) is 6.20 Å². The number of hydrogen-bond acceptors (Lipinski definition) is 6. The van der Waals surface area contributed by atoms with Gasteiger partial charge in [-0.25, -0.2) is 15.0 Å². The van der Waals surface area contributed by atoms with Crippen LogP contribution in [0.4, 0.5) is 11.6 Å². The standard InChI is InChI=1S/C13H19N5S/c1-4-5-11-17-10(14)6-12(18-11)16-9(3)13-15-7-8(2)19-13/h6-7,9H,4-5H2,1-3H3,(H3,14,16,17,18). The third-order valence-electron chi connectivity index (χ3n) is 2.64. The van der Waals surface area contributed by atoms with Crippen molar-refractivity contribution >= 4 is 23.0 Å². The fraction of sp³-hybridized carbons (Fsp3) is 0.462. The van der Waals surface area contributed by atoms with Crippen molar-refractivity contribution in [1.82, 2.24) is 15.0 Å². The van der Waals surface area contributed by atoms with Crippen LogP contribution >= 0.6 is 11.3 Å². The number of nitrogens with zero attached hydrogens (tertiary/aromatic N) is 3. The summed E-state index contributed by atoms with van der Waals surface area (Å²) in [4.78, 5) is 14.3. The zero-order valence-electron chi connectivity index (χ0n) is 11.5. The Morgan fingerprint density at radius 1 is 1.42 bits per heavy atom. The van der Waals surface area contributed by atoms with E-state index >= 15 is 0 Å². The monoisotopic (exact) mass is 277 g/mol. The topological polar surface area (TPSA) is 76.7 Å². The summed E-state index contributed by atoms with van der Waals surface area (Å²) in [5.74, 6) is 2.05. The average Bonchev–Trinajstić information content (AvgIpc) is 2.75. The molecule has 0 spiro atoms. The van der Waals surface area contributed by atoms with Crippen LogP contribution in [0.2, 0.25) is 0 Å². The molecule has 0 aliphatic heterocycles. The van der Waals surface area contributed by atoms with Crippen LogP contribution in [-0.2, 0) is 6.42 Å². The second kappa shape index (κ2) is 5.97. The lowest BCUT2D eigenvalue weighted by Gasteiger charge is -2.13. The lowest BCUT2D eigenvalue weighted by atomic mass is 10.3. The molecule has 2 aromatic heterocycles. The van der Waals surface area contributed by atoms with E-state index in [0.717, 1.165) is 29.5 Å². The van der Waals surface area contributed by atoms with E-state index in [4.69, 9.17) is 5.73 Å². The van der Waals surface area contributed by atoms with Crippen LogP contribution in [0.15, 0.2) is 12.3 Å². The fourth-order valence-electron chi connectivity index (χ4n) is 1.78. The molecule has 0 aromatic carbocycles. The number of aryl methyl sites for hydroxylation is 2. The number of rotatable bonds is 5. The number of nitrogens with two attached hydrogens (primary N) is 1. The van der Waals surface area contributed by atoms with Gasteiger partial charge in [0.2, 0.25) is 0 Å². The van der Waals surface area contributed by atoms with Gasteiger partial charge in [-0.05, 0) is 20.3 Å². The molecule has 0 aliphatic carbocycles. The molecule has 0 bridgehead atoms. The van der Waals surface area contributed by atoms with E-state index in [2.05, 4.69) is 41.0 Å². The zero-order chi connectivity index (χ0) is 13.8. The normalized spacial score (nSPS) is 12.4. The Kier molecular flexibility index (Phi) is 4.31. The highest BCUT2D eigenvalue weighted by Crippen LogP contribution is 2.23. The first-order valence-electron chi connectivity index (χ1n) is 6.40. The molecule has 1 atom stereocenters. The highest BCUT2D eigenvalue weighted by atomic mass is 32.1. The van der Waals surface area contributed by atoms with E-state index in [0.29, 0.717) is 5.82 Å². The largest absolute Gasteiger partial charge is 0.384 e. The first kappa shape index (κ1) is 13.7. The molecule has 5 nitrogen and oxygen atoms in total. The number of thiazole rings is 1. The van der Waals surface area contributed by atoms with Crippen molar-refractivity contribution < 1.29 is 0 Å². The van der Waals surface area contributed by atoms with Crippen LogP contribution in [0.3, 0.4) is 0 Å². The Morgan fingerprint density at radius 2 is 2.21 bits per heavy atom. The van der Waals surface area contributed by atoms with Crippen molar-refractivity contribution in [3.8, 4) is 0 Å². The molecular formula is C13H19N5S. The van der Waals surface area contributed by atoms with Crippen LogP contribution in [0, 0.1) is 6.92 Å². The van der Waals surface area contributed by atoms with Crippen LogP contribution < -0.4 is 11.1 Å². The maximum atomic E-state index is 5.80. The van der Waals surface area contributed by atoms with Crippen LogP contribution in [0.1, 0.15) is 42.0 Å². The van der Waals surface area contributed by atoms with Gasteiger partial charge >= 0.3 is 0 Å². The minimum atomic E-state index is 0.113. The highest BCUT2D eigenvalue weighted by Gasteiger charge is 2.11. The molecule has 0 saturated carbocycles. The molecule has 2 aromatic rings. The number of nitrogens with one attached hydrogen (secondary N) is 1. The quantitative estimate of drug-likeness (QED) is 0.878. The van der Waals surface area contributed by atoms with Crippen molar-refractivity contribution in [2.45, 2.75) is 39.7 Å². The smallest absolute Gasteiger partial charge is 0.133 e. The van der Waals surface area contributed by atoms with E-state index in [1.54, 1.807) is 17.4 Å². The SMILES string of the molecule is CCCc1nc(N)cc(NC(C)c2ncc(C)s2)n1. The van der Waals surface area contributed by atoms with Gasteiger partial charge in [0.25, 0.3) is 0 Å². The van der Waals surface area contributed by atoms with Gasteiger partial charge in [0.05, 0.1) is 6.04 Å². The van der Waals surface area contributed by atoms with Crippen LogP contribution in [0.25, 0.3) is 0 Å². The average molecular weight is 277 g/mol. The number of anilines is 2. The van der Waals surface area contributed by atoms with Gasteiger partial charge in [0.1, 0.15) is 22.5 Å². The van der Waals surface area contributed by atoms with Crippen molar-refractivity contribution in [2.75, 3.05) is 11.1 Å². The lowest BCUT2D eigenvalue weighted by molar-refractivity contribution is 0.818. The van der Waals surface area contributed by atoms with Gasteiger partial charge in [-0.1, -0.05) is 6.92 Å². The maximum absolute atomic E-state index is 5.80.